The lowest BCUT2D eigenvalue weighted by Gasteiger charge is -2.16. The molecule has 0 fully saturated rings. The maximum Gasteiger partial charge on any atom is 0.421 e. The molecule has 0 atom stereocenters. The molecule has 1 aromatic carbocycles. The van der Waals surface area contributed by atoms with Crippen LogP contribution in [0.1, 0.15) is 24.1 Å². The summed E-state index contributed by atoms with van der Waals surface area (Å²) in [5.74, 6) is -1.34. The van der Waals surface area contributed by atoms with Crippen molar-refractivity contribution in [2.45, 2.75) is 26.4 Å². The summed E-state index contributed by atoms with van der Waals surface area (Å²) in [4.78, 5) is 7.51. The van der Waals surface area contributed by atoms with Gasteiger partial charge in [-0.05, 0) is 12.5 Å². The Morgan fingerprint density at radius 3 is 2.48 bits per heavy atom. The summed E-state index contributed by atoms with van der Waals surface area (Å²) >= 11 is 0. The van der Waals surface area contributed by atoms with Crippen LogP contribution in [0, 0.1) is 12.7 Å². The average Bonchev–Trinajstić information content (AvgIpc) is 3.06. The van der Waals surface area contributed by atoms with Gasteiger partial charge in [0.05, 0.1) is 24.1 Å². The molecule has 29 heavy (non-hydrogen) atoms. The largest absolute Gasteiger partial charge is 0.495 e. The van der Waals surface area contributed by atoms with E-state index < -0.39 is 23.4 Å². The van der Waals surface area contributed by atoms with Gasteiger partial charge in [0, 0.05) is 13.0 Å². The van der Waals surface area contributed by atoms with E-state index in [1.54, 1.807) is 6.92 Å². The molecule has 0 radical (unpaired) electrons. The third kappa shape index (κ3) is 4.05. The highest BCUT2D eigenvalue weighted by atomic mass is 19.4. The van der Waals surface area contributed by atoms with E-state index in [1.807, 2.05) is 0 Å². The molecule has 2 heterocycles. The topological polar surface area (TPSA) is 112 Å². The van der Waals surface area contributed by atoms with Crippen molar-refractivity contribution in [3.8, 4) is 17.2 Å². The van der Waals surface area contributed by atoms with E-state index in [1.165, 1.54) is 20.1 Å². The van der Waals surface area contributed by atoms with Crippen molar-refractivity contribution in [1.82, 2.24) is 20.2 Å². The van der Waals surface area contributed by atoms with Gasteiger partial charge in [0.15, 0.2) is 0 Å². The molecule has 0 bridgehead atoms. The zero-order valence-electron chi connectivity index (χ0n) is 15.6. The number of hydrogen-bond donors (Lipinski definition) is 2. The zero-order valence-corrected chi connectivity index (χ0v) is 15.6. The van der Waals surface area contributed by atoms with Crippen molar-refractivity contribution in [2.75, 3.05) is 18.2 Å². The van der Waals surface area contributed by atoms with Crippen LogP contribution in [0.4, 0.5) is 35.0 Å². The number of rotatable bonds is 5. The molecule has 3 rings (SSSR count). The molecular weight excluding hydrogens is 396 g/mol. The maximum absolute atomic E-state index is 14.6. The first-order valence-electron chi connectivity index (χ1n) is 8.32. The van der Waals surface area contributed by atoms with Gasteiger partial charge in [-0.3, -0.25) is 0 Å². The van der Waals surface area contributed by atoms with Gasteiger partial charge in [-0.25, -0.2) is 9.37 Å². The molecule has 0 saturated heterocycles. The fourth-order valence-electron chi connectivity index (χ4n) is 2.66. The van der Waals surface area contributed by atoms with E-state index in [0.29, 0.717) is 0 Å². The Bertz CT molecular complexity index is 1050. The molecule has 0 aliphatic rings. The molecule has 2 aromatic heterocycles. The fraction of sp³-hybridized carbons (Fsp3) is 0.294. The normalized spacial score (nSPS) is 11.6. The summed E-state index contributed by atoms with van der Waals surface area (Å²) in [6.07, 6.45) is -4.72. The minimum Gasteiger partial charge on any atom is -0.495 e. The maximum atomic E-state index is 14.6. The average molecular weight is 412 g/mol. The predicted molar refractivity (Wildman–Crippen MR) is 95.1 cm³/mol. The van der Waals surface area contributed by atoms with E-state index in [4.69, 9.17) is 14.9 Å². The number of ether oxygens (including phenoxy) is 1. The van der Waals surface area contributed by atoms with E-state index in [0.717, 1.165) is 6.07 Å². The first-order valence-corrected chi connectivity index (χ1v) is 8.32. The summed E-state index contributed by atoms with van der Waals surface area (Å²) in [7, 11) is 1.33. The van der Waals surface area contributed by atoms with Gasteiger partial charge >= 0.3 is 6.18 Å². The zero-order chi connectivity index (χ0) is 21.3. The first kappa shape index (κ1) is 20.3. The SMILES string of the molecule is CCc1nc(Nc2cc(F)c(-c3nnc(C)o3)cc2OC)nc(N)c1C(F)(F)F. The van der Waals surface area contributed by atoms with Gasteiger partial charge in [0.25, 0.3) is 5.89 Å². The van der Waals surface area contributed by atoms with Crippen LogP contribution in [-0.2, 0) is 12.6 Å². The smallest absolute Gasteiger partial charge is 0.421 e. The molecule has 0 spiro atoms. The van der Waals surface area contributed by atoms with Crippen LogP contribution in [0.25, 0.3) is 11.5 Å². The van der Waals surface area contributed by atoms with Crippen molar-refractivity contribution in [3.05, 3.63) is 35.1 Å². The van der Waals surface area contributed by atoms with Crippen LogP contribution in [0.5, 0.6) is 5.75 Å². The Morgan fingerprint density at radius 1 is 1.21 bits per heavy atom. The third-order valence-corrected chi connectivity index (χ3v) is 3.92. The van der Waals surface area contributed by atoms with Crippen molar-refractivity contribution in [1.29, 1.82) is 0 Å². The van der Waals surface area contributed by atoms with Gasteiger partial charge < -0.3 is 20.2 Å². The van der Waals surface area contributed by atoms with Crippen molar-refractivity contribution in [2.24, 2.45) is 0 Å². The van der Waals surface area contributed by atoms with Crippen molar-refractivity contribution < 1.29 is 26.7 Å². The van der Waals surface area contributed by atoms with Crippen LogP contribution < -0.4 is 15.8 Å². The summed E-state index contributed by atoms with van der Waals surface area (Å²) < 4.78 is 64.5. The van der Waals surface area contributed by atoms with Gasteiger partial charge in [0.1, 0.15) is 22.9 Å². The van der Waals surface area contributed by atoms with Crippen LogP contribution in [-0.4, -0.2) is 27.3 Å². The highest BCUT2D eigenvalue weighted by Gasteiger charge is 2.37. The van der Waals surface area contributed by atoms with Crippen molar-refractivity contribution >= 4 is 17.5 Å². The summed E-state index contributed by atoms with van der Waals surface area (Å²) in [6.45, 7) is 3.06. The van der Waals surface area contributed by atoms with Gasteiger partial charge in [-0.2, -0.15) is 18.2 Å². The molecule has 8 nitrogen and oxygen atoms in total. The summed E-state index contributed by atoms with van der Waals surface area (Å²) in [5.41, 5.74) is 4.19. The Hall–Kier alpha value is -3.44. The number of nitrogens with two attached hydrogens (primary N) is 1. The molecule has 0 amide bonds. The number of halogens is 4. The van der Waals surface area contributed by atoms with Crippen LogP contribution in [0.15, 0.2) is 16.5 Å². The number of aromatic nitrogens is 4. The minimum atomic E-state index is -4.69. The second-order valence-electron chi connectivity index (χ2n) is 5.89. The molecule has 0 unspecified atom stereocenters. The lowest BCUT2D eigenvalue weighted by molar-refractivity contribution is -0.137. The van der Waals surface area contributed by atoms with Gasteiger partial charge in [0.2, 0.25) is 11.8 Å². The third-order valence-electron chi connectivity index (χ3n) is 3.92. The highest BCUT2D eigenvalue weighted by molar-refractivity contribution is 5.70. The quantitative estimate of drug-likeness (QED) is 0.607. The number of benzene rings is 1. The van der Waals surface area contributed by atoms with E-state index >= 15 is 0 Å². The van der Waals surface area contributed by atoms with Gasteiger partial charge in [-0.15, -0.1) is 10.2 Å². The molecule has 12 heteroatoms. The first-order chi connectivity index (χ1) is 13.6. The number of aryl methyl sites for hydroxylation is 2. The Kier molecular flexibility index (Phi) is 5.27. The van der Waals surface area contributed by atoms with Crippen molar-refractivity contribution in [3.63, 3.8) is 0 Å². The number of hydrogen-bond acceptors (Lipinski definition) is 8. The standard InChI is InChI=1S/C17H16F4N6O2/c1-4-10-13(17(19,20)21)14(22)25-16(23-10)24-11-6-9(18)8(5-12(11)28-3)15-27-26-7(2)29-15/h5-6H,4H2,1-3H3,(H3,22,23,24,25). The number of nitrogen functional groups attached to an aromatic ring is 1. The number of nitrogens with zero attached hydrogens (tertiary/aromatic N) is 4. The lowest BCUT2D eigenvalue weighted by atomic mass is 10.1. The predicted octanol–water partition coefficient (Wildman–Crippen LogP) is 3.89. The fourth-order valence-corrected chi connectivity index (χ4v) is 2.66. The Morgan fingerprint density at radius 2 is 1.93 bits per heavy atom. The van der Waals surface area contributed by atoms with Gasteiger partial charge in [-0.1, -0.05) is 6.92 Å². The second-order valence-corrected chi connectivity index (χ2v) is 5.89. The Balaban J connectivity index is 2.02. The molecular formula is C17H16F4N6O2. The lowest BCUT2D eigenvalue weighted by Crippen LogP contribution is -2.17. The second kappa shape index (κ2) is 7.53. The minimum absolute atomic E-state index is 0.00454. The molecule has 0 aliphatic carbocycles. The van der Waals surface area contributed by atoms with Crippen LogP contribution in [0.2, 0.25) is 0 Å². The number of nitrogens with one attached hydrogen (secondary N) is 1. The number of alkyl halides is 3. The molecule has 154 valence electrons. The molecule has 3 N–H and O–H groups in total. The monoisotopic (exact) mass is 412 g/mol. The van der Waals surface area contributed by atoms with Crippen LogP contribution >= 0.6 is 0 Å². The van der Waals surface area contributed by atoms with E-state index in [-0.39, 0.29) is 46.8 Å². The van der Waals surface area contributed by atoms with E-state index in [2.05, 4.69) is 25.5 Å². The molecule has 3 aromatic rings. The molecule has 0 aliphatic heterocycles. The Labute approximate surface area is 162 Å². The molecule has 0 saturated carbocycles. The summed E-state index contributed by atoms with van der Waals surface area (Å²) in [6, 6.07) is 2.36. The summed E-state index contributed by atoms with van der Waals surface area (Å²) in [5, 5.41) is 10.0. The van der Waals surface area contributed by atoms with Crippen LogP contribution in [0.3, 0.4) is 0 Å². The highest BCUT2D eigenvalue weighted by Crippen LogP contribution is 2.37. The number of methoxy groups -OCH3 is 1. The van der Waals surface area contributed by atoms with E-state index in [9.17, 15) is 17.6 Å². The number of anilines is 3.